The second-order valence-electron chi connectivity index (χ2n) is 0.861. The molecule has 7 heteroatoms. The Morgan fingerprint density at radius 1 is 1.60 bits per heavy atom. The van der Waals surface area contributed by atoms with E-state index in [1.54, 1.807) is 0 Å². The first-order valence-corrected chi connectivity index (χ1v) is 2.68. The third kappa shape index (κ3) is 90.9. The molecule has 56 valence electrons. The number of thiocarbonyl (C=S) groups is 1. The second-order valence-corrected chi connectivity index (χ2v) is 1.70. The van der Waals surface area contributed by atoms with Crippen molar-refractivity contribution in [3.8, 4) is 0 Å². The maximum Gasteiger partial charge on any atom is 0.273 e. The molecule has 0 rings (SSSR count). The number of nitrogens with two attached hydrogens (primary N) is 2. The quantitative estimate of drug-likeness (QED) is 0.309. The van der Waals surface area contributed by atoms with Crippen molar-refractivity contribution in [2.75, 3.05) is 7.11 Å². The van der Waals surface area contributed by atoms with Crippen molar-refractivity contribution in [1.82, 2.24) is 0 Å². The summed E-state index contributed by atoms with van der Waals surface area (Å²) in [6.07, 6.45) is 0. The van der Waals surface area contributed by atoms with E-state index in [2.05, 4.69) is 35.3 Å². The fourth-order valence-corrected chi connectivity index (χ4v) is 0. The van der Waals surface area contributed by atoms with E-state index in [1.807, 2.05) is 0 Å². The van der Waals surface area contributed by atoms with Gasteiger partial charge in [-0.2, -0.15) is 0 Å². The molecular formula is C3H8N2O2S2Zn. The van der Waals surface area contributed by atoms with Gasteiger partial charge in [0.05, 0.1) is 7.11 Å². The first-order chi connectivity index (χ1) is 4.00. The Balaban J connectivity index is -0.0000000910. The molecule has 0 spiro atoms. The zero-order valence-electron chi connectivity index (χ0n) is 5.53. The summed E-state index contributed by atoms with van der Waals surface area (Å²) in [6.45, 7) is 0. The number of carbonyl (C=O) groups excluding carboxylic acids is 1. The van der Waals surface area contributed by atoms with Gasteiger partial charge in [0.2, 0.25) is 0 Å². The summed E-state index contributed by atoms with van der Waals surface area (Å²) in [5.74, 6) is 0. The number of hydrogen-bond donors (Lipinski definition) is 3. The number of thiol groups is 1. The smallest absolute Gasteiger partial charge is 0.273 e. The molecule has 0 aromatic rings. The van der Waals surface area contributed by atoms with E-state index in [9.17, 15) is 0 Å². The average molecular weight is 234 g/mol. The normalized spacial score (nSPS) is 5.80. The van der Waals surface area contributed by atoms with Gasteiger partial charge in [0.1, 0.15) is 0 Å². The third-order valence-electron chi connectivity index (χ3n) is 0.201. The Morgan fingerprint density at radius 3 is 1.70 bits per heavy atom. The number of ether oxygens (including phenoxy) is 1. The van der Waals surface area contributed by atoms with Crippen molar-refractivity contribution in [3.63, 3.8) is 0 Å². The van der Waals surface area contributed by atoms with Gasteiger partial charge >= 0.3 is 0 Å². The van der Waals surface area contributed by atoms with E-state index < -0.39 is 5.24 Å². The molecule has 0 atom stereocenters. The van der Waals surface area contributed by atoms with Crippen LogP contribution in [-0.4, -0.2) is 17.5 Å². The van der Waals surface area contributed by atoms with Crippen molar-refractivity contribution in [1.29, 1.82) is 0 Å². The van der Waals surface area contributed by atoms with Crippen LogP contribution in [0.5, 0.6) is 0 Å². The molecule has 4 nitrogen and oxygen atoms in total. The number of primary amides is 1. The molecule has 0 saturated heterocycles. The molecule has 0 aliphatic rings. The van der Waals surface area contributed by atoms with Gasteiger partial charge in [-0.05, 0) is 12.2 Å². The average Bonchev–Trinajstić information content (AvgIpc) is 1.65. The molecular weight excluding hydrogens is 226 g/mol. The zero-order valence-corrected chi connectivity index (χ0v) is 10.2. The Hall–Kier alpha value is 0.133. The summed E-state index contributed by atoms with van der Waals surface area (Å²) in [6, 6.07) is 0. The molecule has 0 aliphatic heterocycles. The van der Waals surface area contributed by atoms with Gasteiger partial charge in [-0.1, -0.05) is 12.6 Å². The molecule has 4 N–H and O–H groups in total. The molecule has 0 aliphatic carbocycles. The maximum absolute atomic E-state index is 9.09. The zero-order chi connectivity index (χ0) is 7.86. The fourth-order valence-electron chi connectivity index (χ4n) is 0. The van der Waals surface area contributed by atoms with Gasteiger partial charge in [0, 0.05) is 19.5 Å². The number of hydrogen-bond acceptors (Lipinski definition) is 3. The largest absolute Gasteiger partial charge is 0.475 e. The minimum Gasteiger partial charge on any atom is -0.475 e. The van der Waals surface area contributed by atoms with Crippen molar-refractivity contribution in [2.45, 2.75) is 0 Å². The summed E-state index contributed by atoms with van der Waals surface area (Å²) < 4.78 is 4.26. The Kier molecular flexibility index (Phi) is 19.7. The monoisotopic (exact) mass is 232 g/mol. The van der Waals surface area contributed by atoms with E-state index in [0.29, 0.717) is 0 Å². The van der Waals surface area contributed by atoms with Crippen LogP contribution >= 0.6 is 24.8 Å². The summed E-state index contributed by atoms with van der Waals surface area (Å²) >= 11 is 7.36. The first kappa shape index (κ1) is 16.6. The van der Waals surface area contributed by atoms with Gasteiger partial charge in [0.25, 0.3) is 10.4 Å². The molecule has 0 fully saturated rings. The van der Waals surface area contributed by atoms with Crippen LogP contribution in [0.4, 0.5) is 4.79 Å². The molecule has 0 radical (unpaired) electrons. The maximum atomic E-state index is 9.09. The molecule has 10 heavy (non-hydrogen) atoms. The fraction of sp³-hybridized carbons (Fsp3) is 0.333. The van der Waals surface area contributed by atoms with Crippen LogP contribution in [-0.2, 0) is 24.2 Å². The van der Waals surface area contributed by atoms with Crippen LogP contribution in [0.3, 0.4) is 0 Å². The van der Waals surface area contributed by atoms with Crippen molar-refractivity contribution >= 4 is 35.3 Å². The summed E-state index contributed by atoms with van der Waals surface area (Å²) in [4.78, 5) is 9.09. The van der Waals surface area contributed by atoms with E-state index in [0.717, 1.165) is 0 Å². The van der Waals surface area contributed by atoms with Gasteiger partial charge in [0.15, 0.2) is 0 Å². The molecule has 0 aromatic carbocycles. The SMILES string of the molecule is COC(N)=S.NC(=O)S.[Zn]. The Bertz CT molecular complexity index is 107. The third-order valence-corrected chi connectivity index (χ3v) is 0.368. The molecule has 1 amide bonds. The summed E-state index contributed by atoms with van der Waals surface area (Å²) in [5, 5.41) is -0.551. The van der Waals surface area contributed by atoms with Crippen LogP contribution in [0.25, 0.3) is 0 Å². The van der Waals surface area contributed by atoms with Gasteiger partial charge in [-0.15, -0.1) is 0 Å². The minimum atomic E-state index is -0.639. The van der Waals surface area contributed by atoms with Gasteiger partial charge in [-0.25, -0.2) is 0 Å². The predicted molar refractivity (Wildman–Crippen MR) is 42.4 cm³/mol. The summed E-state index contributed by atoms with van der Waals surface area (Å²) in [5.41, 5.74) is 9.14. The second kappa shape index (κ2) is 11.9. The van der Waals surface area contributed by atoms with Gasteiger partial charge in [-0.3, -0.25) is 4.79 Å². The standard InChI is InChI=1S/C2H5NOS.CH3NOS.Zn/c1-4-2(3)5;2-1(3)4;/h1H3,(H2,3,5);(H3,2,3,4);. The van der Waals surface area contributed by atoms with Gasteiger partial charge < -0.3 is 16.2 Å². The van der Waals surface area contributed by atoms with Crippen LogP contribution < -0.4 is 11.5 Å². The number of rotatable bonds is 0. The molecule has 0 saturated carbocycles. The molecule has 0 bridgehead atoms. The number of amides is 1. The molecule has 0 unspecified atom stereocenters. The number of carbonyl (C=O) groups is 1. The van der Waals surface area contributed by atoms with Crippen LogP contribution in [0, 0.1) is 0 Å². The van der Waals surface area contributed by atoms with Crippen LogP contribution in [0.15, 0.2) is 0 Å². The summed E-state index contributed by atoms with van der Waals surface area (Å²) in [7, 11) is 1.43. The van der Waals surface area contributed by atoms with E-state index in [-0.39, 0.29) is 24.7 Å². The van der Waals surface area contributed by atoms with Crippen LogP contribution in [0.2, 0.25) is 0 Å². The topological polar surface area (TPSA) is 78.3 Å². The minimum absolute atomic E-state index is 0. The van der Waals surface area contributed by atoms with E-state index >= 15 is 0 Å². The van der Waals surface area contributed by atoms with Crippen molar-refractivity contribution < 1.29 is 29.0 Å². The number of methoxy groups -OCH3 is 1. The predicted octanol–water partition coefficient (Wildman–Crippen LogP) is -0.131. The van der Waals surface area contributed by atoms with Crippen LogP contribution in [0.1, 0.15) is 0 Å². The van der Waals surface area contributed by atoms with E-state index in [1.165, 1.54) is 7.11 Å². The first-order valence-electron chi connectivity index (χ1n) is 1.82. The van der Waals surface area contributed by atoms with E-state index in [4.69, 9.17) is 10.5 Å². The molecule has 0 aromatic heterocycles. The van der Waals surface area contributed by atoms with Crippen molar-refractivity contribution in [3.05, 3.63) is 0 Å². The molecule has 0 heterocycles. The van der Waals surface area contributed by atoms with Crippen molar-refractivity contribution in [2.24, 2.45) is 11.5 Å². The Labute approximate surface area is 82.8 Å². The Morgan fingerprint density at radius 2 is 1.70 bits per heavy atom.